The highest BCUT2D eigenvalue weighted by atomic mass is 32.1. The molecule has 2 aromatic heterocycles. The second-order valence-electron chi connectivity index (χ2n) is 7.99. The predicted molar refractivity (Wildman–Crippen MR) is 124 cm³/mol. The monoisotopic (exact) mass is 444 g/mol. The summed E-state index contributed by atoms with van der Waals surface area (Å²) in [6, 6.07) is 15.9. The van der Waals surface area contributed by atoms with Gasteiger partial charge in [0.1, 0.15) is 11.1 Å². The van der Waals surface area contributed by atoms with Crippen LogP contribution in [0.15, 0.2) is 54.9 Å². The number of carbonyl (C=O) groups excluding carboxylic acids is 2. The van der Waals surface area contributed by atoms with Gasteiger partial charge in [-0.3, -0.25) is 14.6 Å². The first kappa shape index (κ1) is 21.7. The number of hydrogen-bond donors (Lipinski definition) is 1. The number of nitrogens with zero attached hydrogens (tertiary/aromatic N) is 3. The number of thiophene rings is 1. The molecule has 3 heterocycles. The highest BCUT2D eigenvalue weighted by Crippen LogP contribution is 2.37. The van der Waals surface area contributed by atoms with E-state index in [1.807, 2.05) is 54.3 Å². The molecule has 1 aliphatic rings. The molecule has 0 saturated carbocycles. The van der Waals surface area contributed by atoms with E-state index in [-0.39, 0.29) is 17.7 Å². The minimum absolute atomic E-state index is 0.0397. The van der Waals surface area contributed by atoms with Crippen LogP contribution in [0.4, 0.5) is 5.00 Å². The standard InChI is InChI=1S/C25H24N4O2S/c1-17(19-7-3-2-4-8-19)12-23(30)28-25-21(14-26)20-9-11-29(16-22(20)32-25)24(31)13-18-6-5-10-27-15-18/h2-8,10,15,17H,9,11-13,16H2,1H3,(H,28,30). The van der Waals surface area contributed by atoms with Gasteiger partial charge < -0.3 is 10.2 Å². The Morgan fingerprint density at radius 1 is 1.25 bits per heavy atom. The van der Waals surface area contributed by atoms with Gasteiger partial charge in [0, 0.05) is 30.2 Å². The van der Waals surface area contributed by atoms with E-state index in [0.29, 0.717) is 42.9 Å². The predicted octanol–water partition coefficient (Wildman–Crippen LogP) is 4.27. The molecule has 0 bridgehead atoms. The van der Waals surface area contributed by atoms with Crippen LogP contribution in [0.25, 0.3) is 0 Å². The Balaban J connectivity index is 1.43. The zero-order valence-corrected chi connectivity index (χ0v) is 18.7. The third-order valence-corrected chi connectivity index (χ3v) is 6.84. The zero-order chi connectivity index (χ0) is 22.5. The normalized spacial score (nSPS) is 13.7. The van der Waals surface area contributed by atoms with E-state index in [1.54, 1.807) is 12.4 Å². The summed E-state index contributed by atoms with van der Waals surface area (Å²) in [6.45, 7) is 3.05. The third-order valence-electron chi connectivity index (χ3n) is 5.71. The van der Waals surface area contributed by atoms with Crippen LogP contribution in [-0.4, -0.2) is 28.2 Å². The van der Waals surface area contributed by atoms with Gasteiger partial charge in [-0.25, -0.2) is 0 Å². The van der Waals surface area contributed by atoms with Gasteiger partial charge in [0.05, 0.1) is 18.5 Å². The molecule has 2 amide bonds. The lowest BCUT2D eigenvalue weighted by Crippen LogP contribution is -2.36. The molecule has 3 aromatic rings. The van der Waals surface area contributed by atoms with Gasteiger partial charge in [-0.15, -0.1) is 11.3 Å². The Hall–Kier alpha value is -3.50. The first-order chi connectivity index (χ1) is 15.5. The number of nitriles is 1. The Kier molecular flexibility index (Phi) is 6.62. The average Bonchev–Trinajstić information content (AvgIpc) is 3.16. The molecule has 7 heteroatoms. The van der Waals surface area contributed by atoms with Crippen molar-refractivity contribution in [1.82, 2.24) is 9.88 Å². The molecule has 6 nitrogen and oxygen atoms in total. The summed E-state index contributed by atoms with van der Waals surface area (Å²) in [5.41, 5.74) is 3.48. The summed E-state index contributed by atoms with van der Waals surface area (Å²) in [5, 5.41) is 13.3. The van der Waals surface area contributed by atoms with Crippen molar-refractivity contribution in [2.45, 2.75) is 38.6 Å². The van der Waals surface area contributed by atoms with E-state index in [1.165, 1.54) is 11.3 Å². The third kappa shape index (κ3) is 4.87. The van der Waals surface area contributed by atoms with Crippen molar-refractivity contribution >= 4 is 28.2 Å². The molecule has 0 radical (unpaired) electrons. The fourth-order valence-electron chi connectivity index (χ4n) is 3.97. The number of nitrogens with one attached hydrogen (secondary N) is 1. The lowest BCUT2D eigenvalue weighted by atomic mass is 9.97. The van der Waals surface area contributed by atoms with Crippen molar-refractivity contribution in [3.63, 3.8) is 0 Å². The molecule has 1 atom stereocenters. The van der Waals surface area contributed by atoms with E-state index in [9.17, 15) is 14.9 Å². The molecule has 1 aliphatic heterocycles. The number of pyridine rings is 1. The lowest BCUT2D eigenvalue weighted by molar-refractivity contribution is -0.131. The summed E-state index contributed by atoms with van der Waals surface area (Å²) in [4.78, 5) is 32.3. The number of hydrogen-bond acceptors (Lipinski definition) is 5. The fourth-order valence-corrected chi connectivity index (χ4v) is 5.20. The van der Waals surface area contributed by atoms with E-state index >= 15 is 0 Å². The Morgan fingerprint density at radius 2 is 2.06 bits per heavy atom. The average molecular weight is 445 g/mol. The SMILES string of the molecule is CC(CC(=O)Nc1sc2c(c1C#N)CCN(C(=O)Cc1cccnc1)C2)c1ccccc1. The van der Waals surface area contributed by atoms with Crippen LogP contribution in [-0.2, 0) is 29.0 Å². The smallest absolute Gasteiger partial charge is 0.227 e. The number of rotatable bonds is 6. The fraction of sp³-hybridized carbons (Fsp3) is 0.280. The summed E-state index contributed by atoms with van der Waals surface area (Å²) in [5.74, 6) is 0.00991. The summed E-state index contributed by atoms with van der Waals surface area (Å²) >= 11 is 1.40. The first-order valence-electron chi connectivity index (χ1n) is 10.6. The van der Waals surface area contributed by atoms with Crippen LogP contribution >= 0.6 is 11.3 Å². The molecule has 0 spiro atoms. The maximum Gasteiger partial charge on any atom is 0.227 e. The van der Waals surface area contributed by atoms with Gasteiger partial charge in [0.15, 0.2) is 0 Å². The molecule has 1 N–H and O–H groups in total. The molecule has 0 fully saturated rings. The van der Waals surface area contributed by atoms with E-state index in [4.69, 9.17) is 0 Å². The van der Waals surface area contributed by atoms with E-state index in [0.717, 1.165) is 21.6 Å². The molecular formula is C25H24N4O2S. The number of carbonyl (C=O) groups is 2. The number of fused-ring (bicyclic) bond motifs is 1. The van der Waals surface area contributed by atoms with E-state index < -0.39 is 0 Å². The Bertz CT molecular complexity index is 1150. The number of amides is 2. The van der Waals surface area contributed by atoms with Crippen LogP contribution in [0, 0.1) is 11.3 Å². The van der Waals surface area contributed by atoms with E-state index in [2.05, 4.69) is 16.4 Å². The molecule has 32 heavy (non-hydrogen) atoms. The maximum absolute atomic E-state index is 12.7. The summed E-state index contributed by atoms with van der Waals surface area (Å²) < 4.78 is 0. The molecular weight excluding hydrogens is 420 g/mol. The topological polar surface area (TPSA) is 86.1 Å². The minimum Gasteiger partial charge on any atom is -0.337 e. The second-order valence-corrected chi connectivity index (χ2v) is 9.09. The Morgan fingerprint density at radius 3 is 2.78 bits per heavy atom. The van der Waals surface area contributed by atoms with Gasteiger partial charge in [-0.1, -0.05) is 43.3 Å². The quantitative estimate of drug-likeness (QED) is 0.615. The minimum atomic E-state index is -0.110. The van der Waals surface area contributed by atoms with Crippen molar-refractivity contribution < 1.29 is 9.59 Å². The molecule has 0 aliphatic carbocycles. The van der Waals surface area contributed by atoms with Crippen LogP contribution in [0.2, 0.25) is 0 Å². The van der Waals surface area contributed by atoms with Gasteiger partial charge in [0.2, 0.25) is 11.8 Å². The van der Waals surface area contributed by atoms with Crippen molar-refractivity contribution in [3.8, 4) is 6.07 Å². The van der Waals surface area contributed by atoms with Crippen LogP contribution in [0.3, 0.4) is 0 Å². The second kappa shape index (κ2) is 9.75. The molecule has 4 rings (SSSR count). The van der Waals surface area contributed by atoms with Crippen LogP contribution in [0.1, 0.15) is 46.4 Å². The molecule has 162 valence electrons. The van der Waals surface area contributed by atoms with Crippen LogP contribution in [0.5, 0.6) is 0 Å². The Labute approximate surface area is 191 Å². The van der Waals surface area contributed by atoms with Gasteiger partial charge in [-0.05, 0) is 35.1 Å². The molecule has 0 saturated heterocycles. The van der Waals surface area contributed by atoms with Crippen molar-refractivity contribution in [2.75, 3.05) is 11.9 Å². The molecule has 1 unspecified atom stereocenters. The van der Waals surface area contributed by atoms with Gasteiger partial charge in [0.25, 0.3) is 0 Å². The summed E-state index contributed by atoms with van der Waals surface area (Å²) in [7, 11) is 0. The lowest BCUT2D eigenvalue weighted by Gasteiger charge is -2.27. The van der Waals surface area contributed by atoms with Crippen molar-refractivity contribution in [1.29, 1.82) is 5.26 Å². The maximum atomic E-state index is 12.7. The number of aromatic nitrogens is 1. The highest BCUT2D eigenvalue weighted by Gasteiger charge is 2.27. The number of benzene rings is 1. The largest absolute Gasteiger partial charge is 0.337 e. The number of anilines is 1. The van der Waals surface area contributed by atoms with Crippen molar-refractivity contribution in [2.24, 2.45) is 0 Å². The highest BCUT2D eigenvalue weighted by molar-refractivity contribution is 7.16. The first-order valence-corrected chi connectivity index (χ1v) is 11.4. The zero-order valence-electron chi connectivity index (χ0n) is 17.9. The molecule has 1 aromatic carbocycles. The van der Waals surface area contributed by atoms with Crippen LogP contribution < -0.4 is 5.32 Å². The summed E-state index contributed by atoms with van der Waals surface area (Å²) in [6.07, 6.45) is 4.65. The van der Waals surface area contributed by atoms with Gasteiger partial charge >= 0.3 is 0 Å². The van der Waals surface area contributed by atoms with Crippen molar-refractivity contribution in [3.05, 3.63) is 82.0 Å². The van der Waals surface area contributed by atoms with Gasteiger partial charge in [-0.2, -0.15) is 5.26 Å².